The van der Waals surface area contributed by atoms with Gasteiger partial charge in [0.1, 0.15) is 11.5 Å². The van der Waals surface area contributed by atoms with Crippen LogP contribution in [0.25, 0.3) is 0 Å². The number of hydrogen-bond acceptors (Lipinski definition) is 4. The normalized spacial score (nSPS) is 14.3. The molecule has 0 spiro atoms. The number of halogens is 1. The number of anilines is 2. The predicted molar refractivity (Wildman–Crippen MR) is 93.1 cm³/mol. The van der Waals surface area contributed by atoms with Crippen molar-refractivity contribution in [3.05, 3.63) is 54.1 Å². The lowest BCUT2D eigenvalue weighted by molar-refractivity contribution is -0.129. The number of aromatic nitrogens is 1. The molecular formula is C18H19FN4O2. The molecule has 0 atom stereocenters. The van der Waals surface area contributed by atoms with E-state index in [2.05, 4.69) is 15.2 Å². The molecule has 130 valence electrons. The number of nitrogens with zero attached hydrogens (tertiary/aromatic N) is 3. The zero-order valence-electron chi connectivity index (χ0n) is 13.9. The Labute approximate surface area is 145 Å². The van der Waals surface area contributed by atoms with E-state index in [0.717, 1.165) is 5.69 Å². The molecule has 3 rings (SSSR count). The Kier molecular flexibility index (Phi) is 4.92. The lowest BCUT2D eigenvalue weighted by atomic mass is 10.2. The number of piperazine rings is 1. The second kappa shape index (κ2) is 7.29. The van der Waals surface area contributed by atoms with Gasteiger partial charge >= 0.3 is 0 Å². The van der Waals surface area contributed by atoms with Gasteiger partial charge in [0, 0.05) is 45.0 Å². The molecule has 1 saturated heterocycles. The molecule has 2 aromatic rings. The van der Waals surface area contributed by atoms with E-state index in [9.17, 15) is 14.0 Å². The molecule has 1 aromatic heterocycles. The molecule has 0 saturated carbocycles. The topological polar surface area (TPSA) is 65.5 Å². The van der Waals surface area contributed by atoms with E-state index >= 15 is 0 Å². The van der Waals surface area contributed by atoms with Gasteiger partial charge in [-0.3, -0.25) is 14.6 Å². The van der Waals surface area contributed by atoms with E-state index in [4.69, 9.17) is 0 Å². The summed E-state index contributed by atoms with van der Waals surface area (Å²) in [5.41, 5.74) is 1.20. The number of pyridine rings is 1. The third-order valence-corrected chi connectivity index (χ3v) is 4.19. The molecule has 2 amide bonds. The van der Waals surface area contributed by atoms with Crippen molar-refractivity contribution in [1.82, 2.24) is 9.88 Å². The Morgan fingerprint density at radius 2 is 1.84 bits per heavy atom. The van der Waals surface area contributed by atoms with Crippen molar-refractivity contribution in [3.63, 3.8) is 0 Å². The largest absolute Gasteiger partial charge is 0.368 e. The van der Waals surface area contributed by atoms with Gasteiger partial charge in [0.2, 0.25) is 5.91 Å². The summed E-state index contributed by atoms with van der Waals surface area (Å²) in [6, 6.07) is 9.50. The molecular weight excluding hydrogens is 323 g/mol. The van der Waals surface area contributed by atoms with Crippen molar-refractivity contribution in [2.45, 2.75) is 6.92 Å². The van der Waals surface area contributed by atoms with Crippen LogP contribution < -0.4 is 10.2 Å². The zero-order valence-corrected chi connectivity index (χ0v) is 13.9. The van der Waals surface area contributed by atoms with Gasteiger partial charge in [0.15, 0.2) is 0 Å². The summed E-state index contributed by atoms with van der Waals surface area (Å²) in [5, 5.41) is 2.53. The first-order valence-electron chi connectivity index (χ1n) is 8.07. The summed E-state index contributed by atoms with van der Waals surface area (Å²) in [7, 11) is 0. The predicted octanol–water partition coefficient (Wildman–Crippen LogP) is 2.14. The molecule has 1 aliphatic heterocycles. The Morgan fingerprint density at radius 3 is 2.52 bits per heavy atom. The van der Waals surface area contributed by atoms with E-state index in [0.29, 0.717) is 26.2 Å². The SMILES string of the molecule is CC(=O)N1CCN(c2ccnc(C(=O)Nc3ccccc3F)c2)CC1. The molecule has 2 heterocycles. The van der Waals surface area contributed by atoms with E-state index in [1.54, 1.807) is 36.2 Å². The van der Waals surface area contributed by atoms with Crippen molar-refractivity contribution in [3.8, 4) is 0 Å². The first-order chi connectivity index (χ1) is 12.0. The van der Waals surface area contributed by atoms with E-state index in [1.165, 1.54) is 12.1 Å². The molecule has 1 aliphatic rings. The smallest absolute Gasteiger partial charge is 0.274 e. The molecule has 0 aliphatic carbocycles. The van der Waals surface area contributed by atoms with Crippen LogP contribution in [0.1, 0.15) is 17.4 Å². The average molecular weight is 342 g/mol. The molecule has 0 radical (unpaired) electrons. The van der Waals surface area contributed by atoms with E-state index < -0.39 is 11.7 Å². The minimum atomic E-state index is -0.493. The molecule has 6 nitrogen and oxygen atoms in total. The van der Waals surface area contributed by atoms with Gasteiger partial charge in [0.25, 0.3) is 5.91 Å². The van der Waals surface area contributed by atoms with Crippen LogP contribution >= 0.6 is 0 Å². The molecule has 0 bridgehead atoms. The second-order valence-corrected chi connectivity index (χ2v) is 5.83. The first kappa shape index (κ1) is 16.9. The van der Waals surface area contributed by atoms with Crippen LogP contribution in [0.2, 0.25) is 0 Å². The van der Waals surface area contributed by atoms with Crippen LogP contribution in [0, 0.1) is 5.82 Å². The fourth-order valence-electron chi connectivity index (χ4n) is 2.77. The second-order valence-electron chi connectivity index (χ2n) is 5.83. The van der Waals surface area contributed by atoms with Crippen molar-refractivity contribution in [1.29, 1.82) is 0 Å². The summed E-state index contributed by atoms with van der Waals surface area (Å²) in [6.07, 6.45) is 1.56. The fraction of sp³-hybridized carbons (Fsp3) is 0.278. The summed E-state index contributed by atoms with van der Waals surface area (Å²) in [6.45, 7) is 4.24. The Bertz CT molecular complexity index is 788. The molecule has 0 unspecified atom stereocenters. The maximum atomic E-state index is 13.7. The molecule has 1 fully saturated rings. The number of carbonyl (C=O) groups is 2. The number of rotatable bonds is 3. The maximum Gasteiger partial charge on any atom is 0.274 e. The number of benzene rings is 1. The lowest BCUT2D eigenvalue weighted by Crippen LogP contribution is -2.48. The maximum absolute atomic E-state index is 13.7. The van der Waals surface area contributed by atoms with Crippen LogP contribution in [0.5, 0.6) is 0 Å². The summed E-state index contributed by atoms with van der Waals surface area (Å²) < 4.78 is 13.7. The van der Waals surface area contributed by atoms with Crippen LogP contribution in [-0.4, -0.2) is 47.9 Å². The standard InChI is InChI=1S/C18H19FN4O2/c1-13(24)22-8-10-23(11-9-22)14-6-7-20-17(12-14)18(25)21-16-5-3-2-4-15(16)19/h2-7,12H,8-11H2,1H3,(H,21,25). The van der Waals surface area contributed by atoms with Crippen molar-refractivity contribution >= 4 is 23.2 Å². The third-order valence-electron chi connectivity index (χ3n) is 4.19. The highest BCUT2D eigenvalue weighted by atomic mass is 19.1. The van der Waals surface area contributed by atoms with Crippen LogP contribution in [0.4, 0.5) is 15.8 Å². The van der Waals surface area contributed by atoms with Crippen molar-refractivity contribution < 1.29 is 14.0 Å². The van der Waals surface area contributed by atoms with Gasteiger partial charge in [0.05, 0.1) is 5.69 Å². The number of amides is 2. The highest BCUT2D eigenvalue weighted by Gasteiger charge is 2.20. The quantitative estimate of drug-likeness (QED) is 0.928. The molecule has 1 aromatic carbocycles. The summed E-state index contributed by atoms with van der Waals surface area (Å²) >= 11 is 0. The number of hydrogen-bond donors (Lipinski definition) is 1. The van der Waals surface area contributed by atoms with Gasteiger partial charge in [-0.15, -0.1) is 0 Å². The molecule has 7 heteroatoms. The Hall–Kier alpha value is -2.96. The Morgan fingerprint density at radius 1 is 1.12 bits per heavy atom. The summed E-state index contributed by atoms with van der Waals surface area (Å²) in [5.74, 6) is -0.888. The monoisotopic (exact) mass is 342 g/mol. The van der Waals surface area contributed by atoms with Crippen LogP contribution in [0.3, 0.4) is 0 Å². The zero-order chi connectivity index (χ0) is 17.8. The molecule has 1 N–H and O–H groups in total. The Balaban J connectivity index is 1.70. The highest BCUT2D eigenvalue weighted by Crippen LogP contribution is 2.18. The number of nitrogens with one attached hydrogen (secondary N) is 1. The first-order valence-corrected chi connectivity index (χ1v) is 8.07. The van der Waals surface area contributed by atoms with Gasteiger partial charge in [-0.25, -0.2) is 4.39 Å². The number of carbonyl (C=O) groups excluding carboxylic acids is 2. The fourth-order valence-corrected chi connectivity index (χ4v) is 2.77. The van der Waals surface area contributed by atoms with Crippen LogP contribution in [-0.2, 0) is 4.79 Å². The molecule has 25 heavy (non-hydrogen) atoms. The minimum Gasteiger partial charge on any atom is -0.368 e. The van der Waals surface area contributed by atoms with E-state index in [1.807, 2.05) is 6.07 Å². The lowest BCUT2D eigenvalue weighted by Gasteiger charge is -2.35. The van der Waals surface area contributed by atoms with Gasteiger partial charge in [-0.2, -0.15) is 0 Å². The highest BCUT2D eigenvalue weighted by molar-refractivity contribution is 6.03. The van der Waals surface area contributed by atoms with Gasteiger partial charge in [-0.05, 0) is 24.3 Å². The third kappa shape index (κ3) is 3.93. The van der Waals surface area contributed by atoms with Crippen molar-refractivity contribution in [2.75, 3.05) is 36.4 Å². The minimum absolute atomic E-state index is 0.0688. The van der Waals surface area contributed by atoms with Crippen molar-refractivity contribution in [2.24, 2.45) is 0 Å². The van der Waals surface area contributed by atoms with E-state index in [-0.39, 0.29) is 17.3 Å². The average Bonchev–Trinajstić information content (AvgIpc) is 2.64. The van der Waals surface area contributed by atoms with Crippen LogP contribution in [0.15, 0.2) is 42.6 Å². The number of para-hydroxylation sites is 1. The van der Waals surface area contributed by atoms with Gasteiger partial charge < -0.3 is 15.1 Å². The summed E-state index contributed by atoms with van der Waals surface area (Å²) in [4.78, 5) is 31.7. The van der Waals surface area contributed by atoms with Gasteiger partial charge in [-0.1, -0.05) is 12.1 Å².